The molecule has 9 N–H and O–H groups in total. The molecule has 34 heavy (non-hydrogen) atoms. The second-order valence-corrected chi connectivity index (χ2v) is 7.46. The maximum Gasteiger partial charge on any atom is 0.328 e. The Labute approximate surface area is 193 Å². The van der Waals surface area contributed by atoms with E-state index in [4.69, 9.17) is 15.9 Å². The van der Waals surface area contributed by atoms with Crippen LogP contribution >= 0.6 is 0 Å². The molecule has 0 bridgehead atoms. The summed E-state index contributed by atoms with van der Waals surface area (Å²) in [4.78, 5) is 62.7. The van der Waals surface area contributed by atoms with Crippen LogP contribution in [0.1, 0.15) is 18.4 Å². The number of carboxylic acid groups (broad SMARTS) is 2. The van der Waals surface area contributed by atoms with E-state index >= 15 is 0 Å². The van der Waals surface area contributed by atoms with Crippen molar-refractivity contribution >= 4 is 40.6 Å². The predicted octanol–water partition coefficient (Wildman–Crippen LogP) is -1.93. The molecular weight excluding hydrogens is 450 g/mol. The highest BCUT2D eigenvalue weighted by Gasteiger charge is 2.30. The molecule has 3 unspecified atom stereocenters. The Bertz CT molecular complexity index is 1050. The summed E-state index contributed by atoms with van der Waals surface area (Å²) in [5.74, 6) is -5.10. The third-order valence-corrected chi connectivity index (χ3v) is 5.01. The van der Waals surface area contributed by atoms with Gasteiger partial charge in [-0.05, 0) is 18.1 Å². The number of para-hydroxylation sites is 1. The molecule has 0 aliphatic heterocycles. The van der Waals surface area contributed by atoms with E-state index in [0.717, 1.165) is 10.9 Å². The van der Waals surface area contributed by atoms with Gasteiger partial charge in [-0.2, -0.15) is 0 Å². The van der Waals surface area contributed by atoms with Gasteiger partial charge in [0.2, 0.25) is 17.7 Å². The number of aliphatic hydroxyl groups excluding tert-OH is 1. The Kier molecular flexibility index (Phi) is 9.52. The number of nitrogens with one attached hydrogen (secondary N) is 4. The highest BCUT2D eigenvalue weighted by molar-refractivity contribution is 5.94. The van der Waals surface area contributed by atoms with Crippen molar-refractivity contribution in [1.29, 1.82) is 0 Å². The first-order valence-corrected chi connectivity index (χ1v) is 10.4. The van der Waals surface area contributed by atoms with Gasteiger partial charge in [0.25, 0.3) is 0 Å². The summed E-state index contributed by atoms with van der Waals surface area (Å²) in [6.07, 6.45) is 0.877. The van der Waals surface area contributed by atoms with Crippen LogP contribution in [0.3, 0.4) is 0 Å². The van der Waals surface area contributed by atoms with Crippen LogP contribution in [0.4, 0.5) is 0 Å². The minimum atomic E-state index is -1.60. The third kappa shape index (κ3) is 7.28. The Morgan fingerprint density at radius 3 is 2.21 bits per heavy atom. The van der Waals surface area contributed by atoms with Crippen molar-refractivity contribution in [3.63, 3.8) is 0 Å². The summed E-state index contributed by atoms with van der Waals surface area (Å²) in [5.41, 5.74) is 6.67. The maximum absolute atomic E-state index is 12.9. The average Bonchev–Trinajstić information content (AvgIpc) is 3.21. The molecule has 0 spiro atoms. The molecule has 0 saturated heterocycles. The van der Waals surface area contributed by atoms with E-state index in [1.165, 1.54) is 0 Å². The number of hydrogen-bond donors (Lipinski definition) is 8. The largest absolute Gasteiger partial charge is 0.481 e. The lowest BCUT2D eigenvalue weighted by Crippen LogP contribution is -2.57. The molecule has 0 aliphatic rings. The van der Waals surface area contributed by atoms with Gasteiger partial charge in [0.1, 0.15) is 18.1 Å². The standard InChI is InChI=1S/C21H27N5O8/c22-8-17(28)24-14(5-6-18(29)30)19(31)25-15(20(32)26-16(10-27)21(33)34)7-11-9-23-13-4-2-1-3-12(11)13/h1-4,9,14-16,23,27H,5-8,10,22H2,(H,24,28)(H,25,31)(H,26,32)(H,29,30)(H,33,34). The van der Waals surface area contributed by atoms with Crippen molar-refractivity contribution in [1.82, 2.24) is 20.9 Å². The zero-order valence-electron chi connectivity index (χ0n) is 18.1. The number of aromatic amines is 1. The molecule has 13 nitrogen and oxygen atoms in total. The van der Waals surface area contributed by atoms with Crippen LogP contribution in [0.5, 0.6) is 0 Å². The van der Waals surface area contributed by atoms with Crippen molar-refractivity contribution in [2.45, 2.75) is 37.4 Å². The average molecular weight is 477 g/mol. The minimum absolute atomic E-state index is 0.0597. The van der Waals surface area contributed by atoms with E-state index in [1.807, 2.05) is 6.07 Å². The summed E-state index contributed by atoms with van der Waals surface area (Å²) in [5, 5.41) is 35.0. The number of aliphatic hydroxyl groups is 1. The number of hydrogen-bond acceptors (Lipinski definition) is 7. The van der Waals surface area contributed by atoms with E-state index < -0.39 is 67.4 Å². The number of benzene rings is 1. The number of aromatic nitrogens is 1. The fourth-order valence-electron chi connectivity index (χ4n) is 3.25. The lowest BCUT2D eigenvalue weighted by Gasteiger charge is -2.24. The fraction of sp³-hybridized carbons (Fsp3) is 0.381. The van der Waals surface area contributed by atoms with Crippen LogP contribution in [0, 0.1) is 0 Å². The van der Waals surface area contributed by atoms with Gasteiger partial charge in [-0.15, -0.1) is 0 Å². The number of carboxylic acids is 2. The number of H-pyrrole nitrogens is 1. The topological polar surface area (TPSA) is 224 Å². The molecule has 1 aromatic heterocycles. The molecule has 1 heterocycles. The Hall–Kier alpha value is -3.97. The number of aliphatic carboxylic acids is 2. The molecule has 0 saturated carbocycles. The quantitative estimate of drug-likeness (QED) is 0.160. The minimum Gasteiger partial charge on any atom is -0.481 e. The van der Waals surface area contributed by atoms with E-state index in [-0.39, 0.29) is 12.8 Å². The zero-order chi connectivity index (χ0) is 25.3. The molecule has 0 radical (unpaired) electrons. The number of carbonyl (C=O) groups is 5. The zero-order valence-corrected chi connectivity index (χ0v) is 18.1. The maximum atomic E-state index is 12.9. The van der Waals surface area contributed by atoms with E-state index in [0.29, 0.717) is 5.56 Å². The molecule has 0 aliphatic carbocycles. The smallest absolute Gasteiger partial charge is 0.328 e. The van der Waals surface area contributed by atoms with Gasteiger partial charge in [-0.1, -0.05) is 18.2 Å². The first-order chi connectivity index (χ1) is 16.2. The van der Waals surface area contributed by atoms with Crippen LogP contribution in [-0.4, -0.2) is 81.2 Å². The summed E-state index contributed by atoms with van der Waals surface area (Å²) < 4.78 is 0. The van der Waals surface area contributed by atoms with Crippen molar-refractivity contribution in [3.05, 3.63) is 36.0 Å². The van der Waals surface area contributed by atoms with Gasteiger partial charge in [0, 0.05) is 29.9 Å². The molecule has 13 heteroatoms. The van der Waals surface area contributed by atoms with E-state index in [1.54, 1.807) is 24.4 Å². The van der Waals surface area contributed by atoms with Crippen molar-refractivity contribution in [2.24, 2.45) is 5.73 Å². The Morgan fingerprint density at radius 1 is 0.941 bits per heavy atom. The van der Waals surface area contributed by atoms with Crippen LogP contribution in [0.2, 0.25) is 0 Å². The van der Waals surface area contributed by atoms with Crippen LogP contribution in [-0.2, 0) is 30.4 Å². The van der Waals surface area contributed by atoms with Gasteiger partial charge in [0.05, 0.1) is 13.2 Å². The molecular formula is C21H27N5O8. The normalized spacial score (nSPS) is 13.5. The summed E-state index contributed by atoms with van der Waals surface area (Å²) >= 11 is 0. The molecule has 184 valence electrons. The third-order valence-electron chi connectivity index (χ3n) is 5.01. The molecule has 0 fully saturated rings. The molecule has 3 amide bonds. The summed E-state index contributed by atoms with van der Waals surface area (Å²) in [7, 11) is 0. The first kappa shape index (κ1) is 26.3. The van der Waals surface area contributed by atoms with E-state index in [9.17, 15) is 29.1 Å². The number of nitrogens with two attached hydrogens (primary N) is 1. The second kappa shape index (κ2) is 12.3. The van der Waals surface area contributed by atoms with Gasteiger partial charge >= 0.3 is 11.9 Å². The lowest BCUT2D eigenvalue weighted by atomic mass is 10.0. The predicted molar refractivity (Wildman–Crippen MR) is 118 cm³/mol. The lowest BCUT2D eigenvalue weighted by molar-refractivity contribution is -0.143. The van der Waals surface area contributed by atoms with Gasteiger partial charge in [-0.3, -0.25) is 19.2 Å². The molecule has 2 aromatic rings. The Balaban J connectivity index is 2.29. The van der Waals surface area contributed by atoms with Crippen molar-refractivity contribution in [2.75, 3.05) is 13.2 Å². The number of carbonyl (C=O) groups excluding carboxylic acids is 3. The summed E-state index contributed by atoms with van der Waals surface area (Å²) in [6.45, 7) is -1.31. The molecule has 3 atom stereocenters. The Morgan fingerprint density at radius 2 is 1.59 bits per heavy atom. The highest BCUT2D eigenvalue weighted by atomic mass is 16.4. The SMILES string of the molecule is NCC(=O)NC(CCC(=O)O)C(=O)NC(Cc1c[nH]c2ccccc12)C(=O)NC(CO)C(=O)O. The number of rotatable bonds is 13. The van der Waals surface area contributed by atoms with E-state index in [2.05, 4.69) is 20.9 Å². The van der Waals surface area contributed by atoms with Crippen molar-refractivity contribution < 1.29 is 39.3 Å². The van der Waals surface area contributed by atoms with Gasteiger partial charge in [0.15, 0.2) is 0 Å². The van der Waals surface area contributed by atoms with Crippen LogP contribution in [0.25, 0.3) is 10.9 Å². The van der Waals surface area contributed by atoms with Crippen molar-refractivity contribution in [3.8, 4) is 0 Å². The first-order valence-electron chi connectivity index (χ1n) is 10.4. The molecule has 1 aromatic carbocycles. The second-order valence-electron chi connectivity index (χ2n) is 7.46. The summed E-state index contributed by atoms with van der Waals surface area (Å²) in [6, 6.07) is 2.99. The van der Waals surface area contributed by atoms with Crippen LogP contribution < -0.4 is 21.7 Å². The van der Waals surface area contributed by atoms with Gasteiger partial charge in [-0.25, -0.2) is 4.79 Å². The highest BCUT2D eigenvalue weighted by Crippen LogP contribution is 2.19. The molecule has 2 rings (SSSR count). The van der Waals surface area contributed by atoms with Gasteiger partial charge < -0.3 is 42.0 Å². The number of fused-ring (bicyclic) bond motifs is 1. The number of amides is 3. The fourth-order valence-corrected chi connectivity index (χ4v) is 3.25. The monoisotopic (exact) mass is 477 g/mol. The van der Waals surface area contributed by atoms with Crippen LogP contribution in [0.15, 0.2) is 30.5 Å².